The number of fused-ring (bicyclic) bond motifs is 1. The van der Waals surface area contributed by atoms with E-state index >= 15 is 0 Å². The van der Waals surface area contributed by atoms with Gasteiger partial charge in [-0.3, -0.25) is 4.98 Å². The van der Waals surface area contributed by atoms with Crippen LogP contribution < -0.4 is 11.1 Å². The van der Waals surface area contributed by atoms with Crippen molar-refractivity contribution >= 4 is 24.8 Å². The fraction of sp³-hybridized carbons (Fsp3) is 0.583. The summed E-state index contributed by atoms with van der Waals surface area (Å²) in [6.45, 7) is 2.01. The lowest BCUT2D eigenvalue weighted by Crippen LogP contribution is -2.42. The molecule has 1 aromatic heterocycles. The van der Waals surface area contributed by atoms with Crippen molar-refractivity contribution in [2.24, 2.45) is 11.1 Å². The second kappa shape index (κ2) is 5.70. The molecule has 1 spiro atoms. The number of aromatic nitrogens is 1. The molecule has 1 unspecified atom stereocenters. The maximum Gasteiger partial charge on any atom is 0.141 e. The summed E-state index contributed by atoms with van der Waals surface area (Å²) in [5.41, 5.74) is 8.32. The minimum atomic E-state index is -0.278. The molecule has 1 aromatic rings. The molecule has 1 aliphatic carbocycles. The van der Waals surface area contributed by atoms with Crippen molar-refractivity contribution < 1.29 is 4.39 Å². The highest BCUT2D eigenvalue weighted by molar-refractivity contribution is 5.85. The predicted molar refractivity (Wildman–Crippen MR) is 73.9 cm³/mol. The monoisotopic (exact) mass is 293 g/mol. The van der Waals surface area contributed by atoms with Crippen LogP contribution in [0.25, 0.3) is 0 Å². The maximum atomic E-state index is 13.2. The van der Waals surface area contributed by atoms with Crippen LogP contribution in [0.5, 0.6) is 0 Å². The van der Waals surface area contributed by atoms with Crippen molar-refractivity contribution in [2.45, 2.75) is 25.3 Å². The molecule has 1 saturated heterocycles. The lowest BCUT2D eigenvalue weighted by Gasteiger charge is -2.37. The number of nitrogens with one attached hydrogen (secondary N) is 1. The lowest BCUT2D eigenvalue weighted by molar-refractivity contribution is 0.173. The Balaban J connectivity index is 0.000000810. The zero-order chi connectivity index (χ0) is 11.2. The summed E-state index contributed by atoms with van der Waals surface area (Å²) in [4.78, 5) is 4.18. The number of rotatable bonds is 0. The molecule has 0 aromatic carbocycles. The van der Waals surface area contributed by atoms with Gasteiger partial charge in [-0.1, -0.05) is 0 Å². The number of nitrogens with zero attached hydrogens (tertiary/aromatic N) is 1. The van der Waals surface area contributed by atoms with E-state index in [1.54, 1.807) is 6.07 Å². The molecule has 0 saturated carbocycles. The Bertz CT molecular complexity index is 422. The third-order valence-corrected chi connectivity index (χ3v) is 4.08. The first-order chi connectivity index (χ1) is 7.71. The van der Waals surface area contributed by atoms with Gasteiger partial charge in [0.25, 0.3) is 0 Å². The molecule has 18 heavy (non-hydrogen) atoms. The van der Waals surface area contributed by atoms with Gasteiger partial charge in [0.2, 0.25) is 0 Å². The van der Waals surface area contributed by atoms with Crippen molar-refractivity contribution in [3.05, 3.63) is 29.3 Å². The Labute approximate surface area is 119 Å². The highest BCUT2D eigenvalue weighted by Gasteiger charge is 2.45. The van der Waals surface area contributed by atoms with E-state index in [0.29, 0.717) is 0 Å². The molecule has 0 bridgehead atoms. The van der Waals surface area contributed by atoms with Gasteiger partial charge in [0, 0.05) is 11.7 Å². The Hall–Kier alpha value is -0.420. The fourth-order valence-electron chi connectivity index (χ4n) is 3.09. The molecule has 1 aliphatic heterocycles. The van der Waals surface area contributed by atoms with Gasteiger partial charge in [-0.25, -0.2) is 4.39 Å². The summed E-state index contributed by atoms with van der Waals surface area (Å²) >= 11 is 0. The van der Waals surface area contributed by atoms with Crippen molar-refractivity contribution in [1.29, 1.82) is 0 Å². The average molecular weight is 294 g/mol. The van der Waals surface area contributed by atoms with Crippen molar-refractivity contribution in [2.75, 3.05) is 13.1 Å². The number of hydrogen-bond acceptors (Lipinski definition) is 3. The molecular weight excluding hydrogens is 276 g/mol. The third-order valence-electron chi connectivity index (χ3n) is 4.08. The van der Waals surface area contributed by atoms with Gasteiger partial charge in [-0.05, 0) is 49.4 Å². The number of nitrogens with two attached hydrogens (primary N) is 1. The Morgan fingerprint density at radius 2 is 2.00 bits per heavy atom. The van der Waals surface area contributed by atoms with Crippen LogP contribution in [0.3, 0.4) is 0 Å². The van der Waals surface area contributed by atoms with Crippen molar-refractivity contribution in [3.63, 3.8) is 0 Å². The second-order valence-electron chi connectivity index (χ2n) is 4.96. The van der Waals surface area contributed by atoms with Crippen molar-refractivity contribution in [1.82, 2.24) is 10.3 Å². The molecular formula is C12H18Cl2FN3. The van der Waals surface area contributed by atoms with Crippen LogP contribution in [0.15, 0.2) is 12.3 Å². The topological polar surface area (TPSA) is 50.9 Å². The Morgan fingerprint density at radius 1 is 1.33 bits per heavy atom. The van der Waals surface area contributed by atoms with Crippen molar-refractivity contribution in [3.8, 4) is 0 Å². The zero-order valence-corrected chi connectivity index (χ0v) is 11.6. The van der Waals surface area contributed by atoms with Gasteiger partial charge in [-0.15, -0.1) is 24.8 Å². The fourth-order valence-corrected chi connectivity index (χ4v) is 3.09. The van der Waals surface area contributed by atoms with Crippen LogP contribution in [-0.4, -0.2) is 18.1 Å². The maximum absolute atomic E-state index is 13.2. The minimum absolute atomic E-state index is 0. The quantitative estimate of drug-likeness (QED) is 0.769. The molecule has 3 nitrogen and oxygen atoms in total. The number of pyridine rings is 1. The smallest absolute Gasteiger partial charge is 0.141 e. The number of piperidine rings is 1. The first-order valence-electron chi connectivity index (χ1n) is 5.82. The zero-order valence-electron chi connectivity index (χ0n) is 9.99. The number of hydrogen-bond donors (Lipinski definition) is 2. The van der Waals surface area contributed by atoms with Crippen LogP contribution >= 0.6 is 24.8 Å². The molecule has 6 heteroatoms. The molecule has 3 rings (SSSR count). The van der Waals surface area contributed by atoms with E-state index < -0.39 is 0 Å². The molecule has 2 aliphatic rings. The van der Waals surface area contributed by atoms with E-state index in [9.17, 15) is 4.39 Å². The minimum Gasteiger partial charge on any atom is -0.323 e. The van der Waals surface area contributed by atoms with Crippen LogP contribution in [-0.2, 0) is 6.42 Å². The Kier molecular flexibility index (Phi) is 4.95. The second-order valence-corrected chi connectivity index (χ2v) is 4.96. The standard InChI is InChI=1S/C12H16FN3.2ClH/c13-8-5-9-10(16-7-8)6-12(11(9)14)1-3-15-4-2-12;;/h5,7,11,15H,1-4,6,14H2;2*1H. The lowest BCUT2D eigenvalue weighted by atomic mass is 9.74. The van der Waals surface area contributed by atoms with E-state index in [2.05, 4.69) is 10.3 Å². The predicted octanol–water partition coefficient (Wildman–Crippen LogP) is 1.99. The third kappa shape index (κ3) is 2.35. The molecule has 0 amide bonds. The van der Waals surface area contributed by atoms with Gasteiger partial charge in [0.15, 0.2) is 0 Å². The summed E-state index contributed by atoms with van der Waals surface area (Å²) in [5.74, 6) is -0.278. The molecule has 102 valence electrons. The average Bonchev–Trinajstić information content (AvgIpc) is 2.55. The van der Waals surface area contributed by atoms with E-state index in [1.807, 2.05) is 0 Å². The van der Waals surface area contributed by atoms with Gasteiger partial charge in [-0.2, -0.15) is 0 Å². The first-order valence-corrected chi connectivity index (χ1v) is 5.82. The summed E-state index contributed by atoms with van der Waals surface area (Å²) in [5, 5.41) is 3.34. The summed E-state index contributed by atoms with van der Waals surface area (Å²) in [6, 6.07) is 1.51. The van der Waals surface area contributed by atoms with Gasteiger partial charge in [0.05, 0.1) is 6.20 Å². The van der Waals surface area contributed by atoms with Crippen LogP contribution in [0, 0.1) is 11.2 Å². The van der Waals surface area contributed by atoms with E-state index in [1.165, 1.54) is 6.20 Å². The summed E-state index contributed by atoms with van der Waals surface area (Å²) in [6.07, 6.45) is 4.33. The molecule has 2 heterocycles. The largest absolute Gasteiger partial charge is 0.323 e. The molecule has 3 N–H and O–H groups in total. The first kappa shape index (κ1) is 15.6. The van der Waals surface area contributed by atoms with E-state index in [0.717, 1.165) is 43.6 Å². The highest BCUT2D eigenvalue weighted by Crippen LogP contribution is 2.49. The van der Waals surface area contributed by atoms with Crippen LogP contribution in [0.1, 0.15) is 30.1 Å². The summed E-state index contributed by atoms with van der Waals surface area (Å²) in [7, 11) is 0. The number of halogens is 3. The summed E-state index contributed by atoms with van der Waals surface area (Å²) < 4.78 is 13.2. The molecule has 0 radical (unpaired) electrons. The van der Waals surface area contributed by atoms with Crippen LogP contribution in [0.2, 0.25) is 0 Å². The highest BCUT2D eigenvalue weighted by atomic mass is 35.5. The SMILES string of the molecule is Cl.Cl.NC1c2cc(F)cnc2CC12CCNCC2. The molecule has 1 fully saturated rings. The van der Waals surface area contributed by atoms with E-state index in [4.69, 9.17) is 5.73 Å². The Morgan fingerprint density at radius 3 is 2.67 bits per heavy atom. The van der Waals surface area contributed by atoms with E-state index in [-0.39, 0.29) is 42.1 Å². The van der Waals surface area contributed by atoms with Gasteiger partial charge < -0.3 is 11.1 Å². The van der Waals surface area contributed by atoms with Gasteiger partial charge >= 0.3 is 0 Å². The van der Waals surface area contributed by atoms with Gasteiger partial charge in [0.1, 0.15) is 5.82 Å². The normalized spacial score (nSPS) is 24.0. The molecule has 1 atom stereocenters. The van der Waals surface area contributed by atoms with Crippen LogP contribution in [0.4, 0.5) is 4.39 Å².